The molecule has 1 aromatic rings. The fourth-order valence-corrected chi connectivity index (χ4v) is 1.05. The van der Waals surface area contributed by atoms with E-state index in [2.05, 4.69) is 15.3 Å². The van der Waals surface area contributed by atoms with Gasteiger partial charge >= 0.3 is 0 Å². The lowest BCUT2D eigenvalue weighted by molar-refractivity contribution is 0.260. The van der Waals surface area contributed by atoms with Crippen LogP contribution in [0.1, 0.15) is 20.3 Å². The summed E-state index contributed by atoms with van der Waals surface area (Å²) in [6, 6.07) is 0. The molecule has 0 unspecified atom stereocenters. The second kappa shape index (κ2) is 4.18. The number of aromatic nitrogens is 2. The number of hydrogen-bond donors (Lipinski definition) is 2. The summed E-state index contributed by atoms with van der Waals surface area (Å²) < 4.78 is 0. The van der Waals surface area contributed by atoms with Gasteiger partial charge in [-0.25, -0.2) is 4.98 Å². The second-order valence-corrected chi connectivity index (χ2v) is 3.57. The monoisotopic (exact) mass is 181 g/mol. The van der Waals surface area contributed by atoms with E-state index in [4.69, 9.17) is 5.11 Å². The maximum Gasteiger partial charge on any atom is 0.144 e. The third-order valence-corrected chi connectivity index (χ3v) is 1.77. The zero-order valence-electron chi connectivity index (χ0n) is 7.99. The largest absolute Gasteiger partial charge is 0.396 e. The predicted molar refractivity (Wildman–Crippen MR) is 51.4 cm³/mol. The first-order chi connectivity index (χ1) is 6.14. The maximum absolute atomic E-state index is 8.80. The Labute approximate surface area is 78.0 Å². The van der Waals surface area contributed by atoms with Crippen molar-refractivity contribution in [1.82, 2.24) is 9.97 Å². The van der Waals surface area contributed by atoms with Crippen LogP contribution in [0.15, 0.2) is 18.6 Å². The molecular formula is C9H15N3O. The van der Waals surface area contributed by atoms with E-state index in [0.717, 1.165) is 5.82 Å². The number of anilines is 1. The first kappa shape index (κ1) is 9.92. The molecule has 0 aromatic carbocycles. The number of hydrogen-bond acceptors (Lipinski definition) is 4. The van der Waals surface area contributed by atoms with Gasteiger partial charge in [0.15, 0.2) is 0 Å². The third kappa shape index (κ3) is 3.38. The van der Waals surface area contributed by atoms with Crippen molar-refractivity contribution >= 4 is 5.82 Å². The Balaban J connectivity index is 2.58. The van der Waals surface area contributed by atoms with Crippen LogP contribution in [0.2, 0.25) is 0 Å². The lowest BCUT2D eigenvalue weighted by Crippen LogP contribution is -2.32. The summed E-state index contributed by atoms with van der Waals surface area (Å²) in [7, 11) is 0. The Kier molecular flexibility index (Phi) is 3.19. The minimum absolute atomic E-state index is 0.148. The molecule has 0 amide bonds. The molecule has 1 aromatic heterocycles. The smallest absolute Gasteiger partial charge is 0.144 e. The molecule has 0 atom stereocenters. The summed E-state index contributed by atoms with van der Waals surface area (Å²) >= 11 is 0. The van der Waals surface area contributed by atoms with Gasteiger partial charge in [0.25, 0.3) is 0 Å². The molecule has 1 heterocycles. The van der Waals surface area contributed by atoms with Gasteiger partial charge in [0.2, 0.25) is 0 Å². The fraction of sp³-hybridized carbons (Fsp3) is 0.556. The molecule has 0 fully saturated rings. The van der Waals surface area contributed by atoms with E-state index in [9.17, 15) is 0 Å². The van der Waals surface area contributed by atoms with E-state index in [-0.39, 0.29) is 12.1 Å². The number of nitrogens with one attached hydrogen (secondary N) is 1. The average molecular weight is 181 g/mol. The van der Waals surface area contributed by atoms with Crippen LogP contribution in [0.25, 0.3) is 0 Å². The highest BCUT2D eigenvalue weighted by atomic mass is 16.3. The summed E-state index contributed by atoms with van der Waals surface area (Å²) in [6.45, 7) is 4.19. The summed E-state index contributed by atoms with van der Waals surface area (Å²) in [5.41, 5.74) is -0.148. The molecule has 13 heavy (non-hydrogen) atoms. The van der Waals surface area contributed by atoms with Crippen molar-refractivity contribution < 1.29 is 5.11 Å². The number of nitrogens with zero attached hydrogens (tertiary/aromatic N) is 2. The van der Waals surface area contributed by atoms with Gasteiger partial charge in [-0.05, 0) is 20.3 Å². The van der Waals surface area contributed by atoms with Crippen molar-refractivity contribution in [3.05, 3.63) is 18.6 Å². The van der Waals surface area contributed by atoms with Gasteiger partial charge in [-0.1, -0.05) is 0 Å². The van der Waals surface area contributed by atoms with Gasteiger partial charge < -0.3 is 10.4 Å². The molecule has 0 saturated heterocycles. The lowest BCUT2D eigenvalue weighted by atomic mass is 10.0. The molecule has 0 aliphatic carbocycles. The van der Waals surface area contributed by atoms with Crippen LogP contribution in [-0.4, -0.2) is 27.2 Å². The highest BCUT2D eigenvalue weighted by molar-refractivity contribution is 5.33. The quantitative estimate of drug-likeness (QED) is 0.729. The summed E-state index contributed by atoms with van der Waals surface area (Å²) in [5.74, 6) is 0.737. The number of aliphatic hydroxyl groups is 1. The maximum atomic E-state index is 8.80. The molecule has 4 heteroatoms. The van der Waals surface area contributed by atoms with E-state index in [1.807, 2.05) is 13.8 Å². The first-order valence-corrected chi connectivity index (χ1v) is 4.29. The Morgan fingerprint density at radius 3 is 2.77 bits per heavy atom. The van der Waals surface area contributed by atoms with E-state index in [0.29, 0.717) is 6.42 Å². The highest BCUT2D eigenvalue weighted by Gasteiger charge is 2.16. The van der Waals surface area contributed by atoms with Gasteiger partial charge in [0.1, 0.15) is 5.82 Å². The summed E-state index contributed by atoms with van der Waals surface area (Å²) in [6.07, 6.45) is 5.62. The van der Waals surface area contributed by atoms with Crippen molar-refractivity contribution in [2.24, 2.45) is 0 Å². The molecule has 0 saturated carbocycles. The Morgan fingerprint density at radius 2 is 2.23 bits per heavy atom. The number of rotatable bonds is 4. The zero-order chi connectivity index (χ0) is 9.73. The first-order valence-electron chi connectivity index (χ1n) is 4.29. The van der Waals surface area contributed by atoms with E-state index < -0.39 is 0 Å². The van der Waals surface area contributed by atoms with Crippen LogP contribution in [0.5, 0.6) is 0 Å². The molecule has 1 rings (SSSR count). The Hall–Kier alpha value is -1.16. The predicted octanol–water partition coefficient (Wildman–Crippen LogP) is 1.05. The van der Waals surface area contributed by atoms with Crippen molar-refractivity contribution in [3.8, 4) is 0 Å². The Bertz CT molecular complexity index is 248. The molecule has 0 spiro atoms. The standard InChI is InChI=1S/C9H15N3O/c1-9(2,3-6-13)12-8-7-10-4-5-11-8/h4-5,7,13H,3,6H2,1-2H3,(H,11,12). The SMILES string of the molecule is CC(C)(CCO)Nc1cnccn1. The van der Waals surface area contributed by atoms with Gasteiger partial charge in [-0.15, -0.1) is 0 Å². The molecule has 0 bridgehead atoms. The average Bonchev–Trinajstić information content (AvgIpc) is 2.04. The van der Waals surface area contributed by atoms with Gasteiger partial charge in [-0.2, -0.15) is 0 Å². The van der Waals surface area contributed by atoms with Crippen LogP contribution in [-0.2, 0) is 0 Å². The number of aliphatic hydroxyl groups excluding tert-OH is 1. The molecule has 72 valence electrons. The topological polar surface area (TPSA) is 58.0 Å². The molecule has 2 N–H and O–H groups in total. The van der Waals surface area contributed by atoms with Crippen molar-refractivity contribution in [2.45, 2.75) is 25.8 Å². The zero-order valence-corrected chi connectivity index (χ0v) is 7.99. The van der Waals surface area contributed by atoms with Gasteiger partial charge in [-0.3, -0.25) is 4.98 Å². The van der Waals surface area contributed by atoms with E-state index >= 15 is 0 Å². The minimum atomic E-state index is -0.148. The molecule has 0 aliphatic rings. The van der Waals surface area contributed by atoms with E-state index in [1.165, 1.54) is 0 Å². The highest BCUT2D eigenvalue weighted by Crippen LogP contribution is 2.14. The van der Waals surface area contributed by atoms with Crippen molar-refractivity contribution in [2.75, 3.05) is 11.9 Å². The van der Waals surface area contributed by atoms with Gasteiger partial charge in [0.05, 0.1) is 6.20 Å². The van der Waals surface area contributed by atoms with Crippen LogP contribution in [0.3, 0.4) is 0 Å². The van der Waals surface area contributed by atoms with Crippen molar-refractivity contribution in [3.63, 3.8) is 0 Å². The summed E-state index contributed by atoms with van der Waals surface area (Å²) in [5, 5.41) is 12.0. The third-order valence-electron chi connectivity index (χ3n) is 1.77. The summed E-state index contributed by atoms with van der Waals surface area (Å²) in [4.78, 5) is 8.03. The normalized spacial score (nSPS) is 11.3. The molecule has 4 nitrogen and oxygen atoms in total. The molecule has 0 aliphatic heterocycles. The fourth-order valence-electron chi connectivity index (χ4n) is 1.05. The van der Waals surface area contributed by atoms with Crippen LogP contribution < -0.4 is 5.32 Å². The van der Waals surface area contributed by atoms with Crippen LogP contribution in [0, 0.1) is 0 Å². The van der Waals surface area contributed by atoms with Crippen molar-refractivity contribution in [1.29, 1.82) is 0 Å². The Morgan fingerprint density at radius 1 is 1.46 bits per heavy atom. The van der Waals surface area contributed by atoms with Crippen LogP contribution >= 0.6 is 0 Å². The minimum Gasteiger partial charge on any atom is -0.396 e. The molecular weight excluding hydrogens is 166 g/mol. The molecule has 0 radical (unpaired) electrons. The lowest BCUT2D eigenvalue weighted by Gasteiger charge is -2.25. The second-order valence-electron chi connectivity index (χ2n) is 3.57. The van der Waals surface area contributed by atoms with E-state index in [1.54, 1.807) is 18.6 Å². The van der Waals surface area contributed by atoms with Gasteiger partial charge in [0, 0.05) is 24.5 Å². The van der Waals surface area contributed by atoms with Crippen LogP contribution in [0.4, 0.5) is 5.82 Å².